The van der Waals surface area contributed by atoms with Crippen LogP contribution in [-0.2, 0) is 0 Å². The molecule has 1 aromatic carbocycles. The number of hydrogen-bond acceptors (Lipinski definition) is 5. The van der Waals surface area contributed by atoms with Gasteiger partial charge in [0.2, 0.25) is 0 Å². The van der Waals surface area contributed by atoms with Crippen LogP contribution in [0.4, 0.5) is 5.82 Å². The molecule has 3 heterocycles. The van der Waals surface area contributed by atoms with Crippen LogP contribution in [0.2, 0.25) is 5.02 Å². The minimum absolute atomic E-state index is 0.351. The first-order valence-electron chi connectivity index (χ1n) is 9.57. The molecule has 0 radical (unpaired) electrons. The normalized spacial score (nSPS) is 19.7. The van der Waals surface area contributed by atoms with E-state index in [1.54, 1.807) is 6.20 Å². The summed E-state index contributed by atoms with van der Waals surface area (Å²) in [6.07, 6.45) is 2.92. The molecular formula is C22H24ClN5. The predicted octanol–water partition coefficient (Wildman–Crippen LogP) is 4.61. The first-order chi connectivity index (χ1) is 13.6. The molecule has 1 aliphatic heterocycles. The van der Waals surface area contributed by atoms with E-state index in [0.717, 1.165) is 47.6 Å². The summed E-state index contributed by atoms with van der Waals surface area (Å²) in [5.41, 5.74) is 2.96. The molecule has 144 valence electrons. The number of nitrogens with zero attached hydrogens (tertiary/aromatic N) is 4. The van der Waals surface area contributed by atoms with Gasteiger partial charge in [0, 0.05) is 29.9 Å². The molecular weight excluding hydrogens is 370 g/mol. The quantitative estimate of drug-likeness (QED) is 0.686. The van der Waals surface area contributed by atoms with Crippen LogP contribution in [0.25, 0.3) is 11.4 Å². The molecule has 1 N–H and O–H groups in total. The van der Waals surface area contributed by atoms with Crippen LogP contribution in [0.1, 0.15) is 23.9 Å². The predicted molar refractivity (Wildman–Crippen MR) is 113 cm³/mol. The molecule has 1 saturated heterocycles. The second kappa shape index (κ2) is 8.25. The van der Waals surface area contributed by atoms with Gasteiger partial charge in [-0.05, 0) is 62.7 Å². The van der Waals surface area contributed by atoms with Crippen LogP contribution in [0, 0.1) is 12.8 Å². The molecule has 2 aromatic heterocycles. The molecule has 1 fully saturated rings. The molecule has 4 rings (SSSR count). The highest BCUT2D eigenvalue weighted by atomic mass is 35.5. The van der Waals surface area contributed by atoms with E-state index in [9.17, 15) is 0 Å². The van der Waals surface area contributed by atoms with Crippen molar-refractivity contribution in [2.24, 2.45) is 5.92 Å². The van der Waals surface area contributed by atoms with Crippen molar-refractivity contribution in [1.29, 1.82) is 0 Å². The van der Waals surface area contributed by atoms with Gasteiger partial charge < -0.3 is 5.32 Å². The Morgan fingerprint density at radius 2 is 2.00 bits per heavy atom. The van der Waals surface area contributed by atoms with Gasteiger partial charge in [0.05, 0.1) is 11.4 Å². The summed E-state index contributed by atoms with van der Waals surface area (Å²) in [6, 6.07) is 16.4. The molecule has 3 aromatic rings. The van der Waals surface area contributed by atoms with Gasteiger partial charge >= 0.3 is 0 Å². The molecule has 0 amide bonds. The lowest BCUT2D eigenvalue weighted by atomic mass is 9.93. The highest BCUT2D eigenvalue weighted by Crippen LogP contribution is 2.37. The molecule has 1 aliphatic rings. The second-order valence-corrected chi connectivity index (χ2v) is 7.75. The number of benzene rings is 1. The Balaban J connectivity index is 1.51. The first kappa shape index (κ1) is 18.8. The molecule has 6 heteroatoms. The summed E-state index contributed by atoms with van der Waals surface area (Å²) in [5, 5.41) is 4.32. The second-order valence-electron chi connectivity index (χ2n) is 7.31. The van der Waals surface area contributed by atoms with E-state index in [1.807, 2.05) is 43.3 Å². The fraction of sp³-hybridized carbons (Fsp3) is 0.318. The van der Waals surface area contributed by atoms with Gasteiger partial charge in [-0.1, -0.05) is 29.8 Å². The molecule has 2 atom stereocenters. The van der Waals surface area contributed by atoms with Crippen molar-refractivity contribution in [2.45, 2.75) is 19.4 Å². The third-order valence-electron chi connectivity index (χ3n) is 5.27. The van der Waals surface area contributed by atoms with Gasteiger partial charge in [-0.3, -0.25) is 9.88 Å². The SMILES string of the molecule is Cc1nc(NCC2CCN(C)C2c2cccc(Cl)c2)cc(-c2ccccn2)n1. The summed E-state index contributed by atoms with van der Waals surface area (Å²) < 4.78 is 0. The Kier molecular flexibility index (Phi) is 5.55. The summed E-state index contributed by atoms with van der Waals surface area (Å²) in [6.45, 7) is 3.83. The number of pyridine rings is 1. The van der Waals surface area contributed by atoms with Crippen molar-refractivity contribution in [3.05, 3.63) is 71.1 Å². The number of likely N-dealkylation sites (tertiary alicyclic amines) is 1. The lowest BCUT2D eigenvalue weighted by Crippen LogP contribution is -2.25. The van der Waals surface area contributed by atoms with E-state index < -0.39 is 0 Å². The Morgan fingerprint density at radius 3 is 2.79 bits per heavy atom. The summed E-state index contributed by atoms with van der Waals surface area (Å²) in [7, 11) is 2.18. The Bertz CT molecular complexity index is 947. The molecule has 0 bridgehead atoms. The highest BCUT2D eigenvalue weighted by Gasteiger charge is 2.32. The maximum Gasteiger partial charge on any atom is 0.130 e. The largest absolute Gasteiger partial charge is 0.370 e. The zero-order chi connectivity index (χ0) is 19.5. The Hall–Kier alpha value is -2.50. The minimum Gasteiger partial charge on any atom is -0.370 e. The van der Waals surface area contributed by atoms with Gasteiger partial charge in [0.25, 0.3) is 0 Å². The van der Waals surface area contributed by atoms with Crippen LogP contribution in [0.3, 0.4) is 0 Å². The summed E-state index contributed by atoms with van der Waals surface area (Å²) >= 11 is 6.23. The van der Waals surface area contributed by atoms with Crippen LogP contribution >= 0.6 is 11.6 Å². The number of rotatable bonds is 5. The highest BCUT2D eigenvalue weighted by molar-refractivity contribution is 6.30. The average Bonchev–Trinajstić information content (AvgIpc) is 3.07. The first-order valence-corrected chi connectivity index (χ1v) is 9.94. The van der Waals surface area contributed by atoms with E-state index in [2.05, 4.69) is 44.3 Å². The van der Waals surface area contributed by atoms with Crippen molar-refractivity contribution in [3.8, 4) is 11.4 Å². The third-order valence-corrected chi connectivity index (χ3v) is 5.51. The van der Waals surface area contributed by atoms with Crippen molar-refractivity contribution in [3.63, 3.8) is 0 Å². The van der Waals surface area contributed by atoms with Crippen LogP contribution in [-0.4, -0.2) is 40.0 Å². The number of anilines is 1. The average molecular weight is 394 g/mol. The number of hydrogen-bond donors (Lipinski definition) is 1. The van der Waals surface area contributed by atoms with Crippen LogP contribution in [0.15, 0.2) is 54.7 Å². The fourth-order valence-electron chi connectivity index (χ4n) is 4.00. The topological polar surface area (TPSA) is 53.9 Å². The zero-order valence-electron chi connectivity index (χ0n) is 16.1. The number of aryl methyl sites for hydroxylation is 1. The van der Waals surface area contributed by atoms with E-state index in [4.69, 9.17) is 11.6 Å². The van der Waals surface area contributed by atoms with E-state index >= 15 is 0 Å². The van der Waals surface area contributed by atoms with Crippen LogP contribution in [0.5, 0.6) is 0 Å². The monoisotopic (exact) mass is 393 g/mol. The maximum atomic E-state index is 6.23. The number of nitrogens with one attached hydrogen (secondary N) is 1. The number of aromatic nitrogens is 3. The van der Waals surface area contributed by atoms with Crippen LogP contribution < -0.4 is 5.32 Å². The molecule has 5 nitrogen and oxygen atoms in total. The summed E-state index contributed by atoms with van der Waals surface area (Å²) in [5.74, 6) is 2.06. The lowest BCUT2D eigenvalue weighted by molar-refractivity contribution is 0.282. The van der Waals surface area contributed by atoms with Gasteiger partial charge in [-0.15, -0.1) is 0 Å². The maximum absolute atomic E-state index is 6.23. The van der Waals surface area contributed by atoms with Gasteiger partial charge in [0.1, 0.15) is 11.6 Å². The Morgan fingerprint density at radius 1 is 1.11 bits per heavy atom. The lowest BCUT2D eigenvalue weighted by Gasteiger charge is -2.26. The van der Waals surface area contributed by atoms with Crippen molar-refractivity contribution >= 4 is 17.4 Å². The molecule has 0 spiro atoms. The third kappa shape index (κ3) is 4.16. The van der Waals surface area contributed by atoms with E-state index in [0.29, 0.717) is 12.0 Å². The van der Waals surface area contributed by atoms with Gasteiger partial charge in [-0.25, -0.2) is 9.97 Å². The smallest absolute Gasteiger partial charge is 0.130 e. The molecule has 0 saturated carbocycles. The fourth-order valence-corrected chi connectivity index (χ4v) is 4.20. The van der Waals surface area contributed by atoms with E-state index in [-0.39, 0.29) is 0 Å². The molecule has 28 heavy (non-hydrogen) atoms. The van der Waals surface area contributed by atoms with Crippen molar-refractivity contribution in [2.75, 3.05) is 25.5 Å². The van der Waals surface area contributed by atoms with Gasteiger partial charge in [-0.2, -0.15) is 0 Å². The standard InChI is InChI=1S/C22H24ClN5/c1-15-26-20(19-8-3-4-10-24-19)13-21(27-15)25-14-17-9-11-28(2)22(17)16-6-5-7-18(23)12-16/h3-8,10,12-13,17,22H,9,11,14H2,1-2H3,(H,25,26,27). The zero-order valence-corrected chi connectivity index (χ0v) is 16.9. The number of halogens is 1. The molecule has 0 aliphatic carbocycles. The van der Waals surface area contributed by atoms with Gasteiger partial charge in [0.15, 0.2) is 0 Å². The Labute approximate surface area is 170 Å². The van der Waals surface area contributed by atoms with E-state index in [1.165, 1.54) is 5.56 Å². The minimum atomic E-state index is 0.351. The van der Waals surface area contributed by atoms with Crippen molar-refractivity contribution < 1.29 is 0 Å². The summed E-state index contributed by atoms with van der Waals surface area (Å²) in [4.78, 5) is 15.9. The molecule has 2 unspecified atom stereocenters. The van der Waals surface area contributed by atoms with Crippen molar-refractivity contribution in [1.82, 2.24) is 19.9 Å².